The molecule has 0 saturated carbocycles. The second kappa shape index (κ2) is 23.2. The van der Waals surface area contributed by atoms with Crippen molar-refractivity contribution in [1.29, 1.82) is 0 Å². The Morgan fingerprint density at radius 3 is 1.32 bits per heavy atom. The number of rotatable bonds is 27. The molecule has 0 amide bonds. The Morgan fingerprint density at radius 1 is 0.559 bits per heavy atom. The summed E-state index contributed by atoms with van der Waals surface area (Å²) in [5.74, 6) is -0.276. The SMILES string of the molecule is CCCCCCCCCCCCCCCCCC[N+](C)(C)CCCCOCCCCS(=O)(=O)[O-]. The maximum atomic E-state index is 10.5. The molecule has 0 rings (SSSR count). The molecule has 0 atom stereocenters. The molecule has 0 radical (unpaired) electrons. The monoisotopic (exact) mass is 505 g/mol. The van der Waals surface area contributed by atoms with Crippen molar-refractivity contribution in [2.75, 3.05) is 46.2 Å². The highest BCUT2D eigenvalue weighted by Gasteiger charge is 2.13. The zero-order chi connectivity index (χ0) is 25.4. The quantitative estimate of drug-likeness (QED) is 0.0660. The van der Waals surface area contributed by atoms with Crippen molar-refractivity contribution in [2.45, 2.75) is 135 Å². The fourth-order valence-electron chi connectivity index (χ4n) is 4.53. The Bertz CT molecular complexity index is 522. The van der Waals surface area contributed by atoms with Gasteiger partial charge in [0, 0.05) is 19.0 Å². The molecule has 0 unspecified atom stereocenters. The minimum Gasteiger partial charge on any atom is -0.748 e. The van der Waals surface area contributed by atoms with E-state index >= 15 is 0 Å². The molecule has 5 nitrogen and oxygen atoms in total. The topological polar surface area (TPSA) is 66.4 Å². The van der Waals surface area contributed by atoms with Crippen molar-refractivity contribution >= 4 is 10.1 Å². The summed E-state index contributed by atoms with van der Waals surface area (Å²) in [6.07, 6.45) is 25.9. The van der Waals surface area contributed by atoms with Gasteiger partial charge in [0.2, 0.25) is 0 Å². The van der Waals surface area contributed by atoms with Crippen LogP contribution in [0.15, 0.2) is 0 Å². The van der Waals surface area contributed by atoms with Crippen LogP contribution in [0.5, 0.6) is 0 Å². The van der Waals surface area contributed by atoms with Crippen LogP contribution in [0.2, 0.25) is 0 Å². The highest BCUT2D eigenvalue weighted by molar-refractivity contribution is 7.85. The van der Waals surface area contributed by atoms with Gasteiger partial charge in [-0.1, -0.05) is 96.8 Å². The summed E-state index contributed by atoms with van der Waals surface area (Å²) in [5, 5.41) is 0. The number of unbranched alkanes of at least 4 members (excludes halogenated alkanes) is 17. The van der Waals surface area contributed by atoms with Gasteiger partial charge in [-0.25, -0.2) is 8.42 Å². The first kappa shape index (κ1) is 33.8. The largest absolute Gasteiger partial charge is 0.748 e. The first-order chi connectivity index (χ1) is 16.3. The molecule has 0 N–H and O–H groups in total. The molecule has 0 saturated heterocycles. The van der Waals surface area contributed by atoms with Gasteiger partial charge in [0.05, 0.1) is 37.3 Å². The van der Waals surface area contributed by atoms with Crippen molar-refractivity contribution in [3.05, 3.63) is 0 Å². The summed E-state index contributed by atoms with van der Waals surface area (Å²) in [7, 11) is 0.584. The van der Waals surface area contributed by atoms with E-state index in [1.165, 1.54) is 116 Å². The Labute approximate surface area is 213 Å². The second-order valence-corrected chi connectivity index (χ2v) is 12.5. The zero-order valence-electron chi connectivity index (χ0n) is 23.2. The molecular weight excluding hydrogens is 446 g/mol. The normalized spacial score (nSPS) is 12.5. The van der Waals surface area contributed by atoms with Gasteiger partial charge in [0.1, 0.15) is 0 Å². The maximum Gasteiger partial charge on any atom is 0.0945 e. The molecule has 206 valence electrons. The van der Waals surface area contributed by atoms with E-state index in [2.05, 4.69) is 21.0 Å². The van der Waals surface area contributed by atoms with Gasteiger partial charge in [-0.05, 0) is 38.5 Å². The minimum atomic E-state index is -4.07. The predicted octanol–water partition coefficient (Wildman–Crippen LogP) is 7.45. The first-order valence-electron chi connectivity index (χ1n) is 14.6. The van der Waals surface area contributed by atoms with Crippen LogP contribution >= 0.6 is 0 Å². The highest BCUT2D eigenvalue weighted by atomic mass is 32.2. The Hall–Kier alpha value is -0.170. The van der Waals surface area contributed by atoms with E-state index in [1.54, 1.807) is 0 Å². The summed E-state index contributed by atoms with van der Waals surface area (Å²) in [6, 6.07) is 0. The average molecular weight is 506 g/mol. The van der Waals surface area contributed by atoms with E-state index in [4.69, 9.17) is 4.74 Å². The molecule has 0 aromatic heterocycles. The first-order valence-corrected chi connectivity index (χ1v) is 16.2. The number of nitrogens with zero attached hydrogens (tertiary/aromatic N) is 1. The van der Waals surface area contributed by atoms with Crippen LogP contribution in [0.25, 0.3) is 0 Å². The summed E-state index contributed by atoms with van der Waals surface area (Å²) in [4.78, 5) is 0. The Balaban J connectivity index is 3.32. The molecule has 34 heavy (non-hydrogen) atoms. The molecule has 0 heterocycles. The van der Waals surface area contributed by atoms with Crippen LogP contribution in [0.3, 0.4) is 0 Å². The van der Waals surface area contributed by atoms with Gasteiger partial charge in [-0.15, -0.1) is 0 Å². The van der Waals surface area contributed by atoms with Crippen molar-refractivity contribution in [2.24, 2.45) is 0 Å². The van der Waals surface area contributed by atoms with E-state index in [1.807, 2.05) is 0 Å². The number of hydrogen-bond acceptors (Lipinski definition) is 4. The van der Waals surface area contributed by atoms with Crippen molar-refractivity contribution in [1.82, 2.24) is 0 Å². The smallest absolute Gasteiger partial charge is 0.0945 e. The van der Waals surface area contributed by atoms with E-state index < -0.39 is 10.1 Å². The van der Waals surface area contributed by atoms with Gasteiger partial charge in [0.15, 0.2) is 0 Å². The molecule has 0 spiro atoms. The Morgan fingerprint density at radius 2 is 0.912 bits per heavy atom. The molecular formula is C28H59NO4S. The molecule has 6 heteroatoms. The lowest BCUT2D eigenvalue weighted by Gasteiger charge is -2.30. The van der Waals surface area contributed by atoms with Crippen molar-refractivity contribution in [3.63, 3.8) is 0 Å². The number of ether oxygens (including phenoxy) is 1. The zero-order valence-corrected chi connectivity index (χ0v) is 24.0. The van der Waals surface area contributed by atoms with Crippen molar-refractivity contribution < 1.29 is 22.2 Å². The molecule has 0 aliphatic heterocycles. The minimum absolute atomic E-state index is 0.276. The fraction of sp³-hybridized carbons (Fsp3) is 1.00. The Kier molecular flexibility index (Phi) is 23.1. The third kappa shape index (κ3) is 28.1. The van der Waals surface area contributed by atoms with Gasteiger partial charge in [0.25, 0.3) is 0 Å². The summed E-state index contributed by atoms with van der Waals surface area (Å²) in [5.41, 5.74) is 0. The molecule has 0 aliphatic carbocycles. The lowest BCUT2D eigenvalue weighted by Crippen LogP contribution is -2.41. The molecule has 0 aromatic carbocycles. The van der Waals surface area contributed by atoms with Gasteiger partial charge >= 0.3 is 0 Å². The average Bonchev–Trinajstić information content (AvgIpc) is 2.77. The summed E-state index contributed by atoms with van der Waals surface area (Å²) >= 11 is 0. The lowest BCUT2D eigenvalue weighted by atomic mass is 10.0. The summed E-state index contributed by atoms with van der Waals surface area (Å²) in [6.45, 7) is 5.99. The third-order valence-corrected chi connectivity index (χ3v) is 7.64. The van der Waals surface area contributed by atoms with Crippen molar-refractivity contribution in [3.8, 4) is 0 Å². The van der Waals surface area contributed by atoms with Crippen LogP contribution < -0.4 is 0 Å². The van der Waals surface area contributed by atoms with E-state index in [-0.39, 0.29) is 5.75 Å². The predicted molar refractivity (Wildman–Crippen MR) is 145 cm³/mol. The van der Waals surface area contributed by atoms with Gasteiger partial charge < -0.3 is 13.8 Å². The number of hydrogen-bond donors (Lipinski definition) is 0. The standard InChI is InChI=1S/C28H59NO4S/c1-4-5-6-7-8-9-10-11-12-13-14-15-16-17-18-19-24-29(2,3)25-20-21-26-33-27-22-23-28-34(30,31)32/h4-28H2,1-3H3. The van der Waals surface area contributed by atoms with Crippen LogP contribution in [-0.4, -0.2) is 63.6 Å². The van der Waals surface area contributed by atoms with Crippen LogP contribution in [-0.2, 0) is 14.9 Å². The van der Waals surface area contributed by atoms with E-state index in [9.17, 15) is 13.0 Å². The summed E-state index contributed by atoms with van der Waals surface area (Å²) < 4.78 is 38.2. The van der Waals surface area contributed by atoms with Crippen LogP contribution in [0.1, 0.15) is 135 Å². The van der Waals surface area contributed by atoms with Crippen LogP contribution in [0.4, 0.5) is 0 Å². The fourth-order valence-corrected chi connectivity index (χ4v) is 5.09. The van der Waals surface area contributed by atoms with E-state index in [0.29, 0.717) is 19.4 Å². The molecule has 0 bridgehead atoms. The van der Waals surface area contributed by atoms with Gasteiger partial charge in [-0.3, -0.25) is 0 Å². The number of quaternary nitrogens is 1. The molecule has 0 aliphatic rings. The van der Waals surface area contributed by atoms with Gasteiger partial charge in [-0.2, -0.15) is 0 Å². The maximum absolute atomic E-state index is 10.5. The molecule has 0 fully saturated rings. The third-order valence-electron chi connectivity index (χ3n) is 6.85. The van der Waals surface area contributed by atoms with Crippen LogP contribution in [0, 0.1) is 0 Å². The highest BCUT2D eigenvalue weighted by Crippen LogP contribution is 2.14. The van der Waals surface area contributed by atoms with E-state index in [0.717, 1.165) is 23.9 Å². The molecule has 0 aromatic rings. The second-order valence-electron chi connectivity index (χ2n) is 11.0. The lowest BCUT2D eigenvalue weighted by molar-refractivity contribution is -0.890.